The van der Waals surface area contributed by atoms with Crippen molar-refractivity contribution >= 4 is 23.3 Å². The molecule has 0 radical (unpaired) electrons. The smallest absolute Gasteiger partial charge is 0.357 e. The minimum Gasteiger partial charge on any atom is -0.453 e. The Hall–Kier alpha value is -3.74. The highest BCUT2D eigenvalue weighted by atomic mass is 16.5. The number of para-hydroxylation sites is 1. The van der Waals surface area contributed by atoms with E-state index in [1.54, 1.807) is 35.9 Å². The summed E-state index contributed by atoms with van der Waals surface area (Å²) in [4.78, 5) is 37.3. The summed E-state index contributed by atoms with van der Waals surface area (Å²) in [5.74, 6) is -0.945. The lowest BCUT2D eigenvalue weighted by molar-refractivity contribution is -0.116. The lowest BCUT2D eigenvalue weighted by Gasteiger charge is -2.08. The number of Topliss-reactive ketones (excluding diaryl/α,β-unsaturated/α-hetero) is 1. The third-order valence-corrected chi connectivity index (χ3v) is 5.76. The van der Waals surface area contributed by atoms with Gasteiger partial charge in [-0.05, 0) is 61.7 Å². The van der Waals surface area contributed by atoms with Gasteiger partial charge in [0.15, 0.2) is 18.1 Å². The van der Waals surface area contributed by atoms with Crippen LogP contribution in [0.1, 0.15) is 63.7 Å². The number of rotatable bonds is 6. The summed E-state index contributed by atoms with van der Waals surface area (Å²) in [7, 11) is 0. The number of nitrogens with zero attached hydrogens (tertiary/aromatic N) is 2. The summed E-state index contributed by atoms with van der Waals surface area (Å²) in [6, 6.07) is 16.2. The Bertz CT molecular complexity index is 1190. The summed E-state index contributed by atoms with van der Waals surface area (Å²) in [6.07, 6.45) is 2.12. The van der Waals surface area contributed by atoms with E-state index in [9.17, 15) is 14.4 Å². The highest BCUT2D eigenvalue weighted by Crippen LogP contribution is 2.40. The molecule has 7 heteroatoms. The molecule has 156 valence electrons. The predicted molar refractivity (Wildman–Crippen MR) is 114 cm³/mol. The maximum atomic E-state index is 12.8. The first-order valence-electron chi connectivity index (χ1n) is 10.3. The zero-order chi connectivity index (χ0) is 21.5. The largest absolute Gasteiger partial charge is 0.453 e. The van der Waals surface area contributed by atoms with E-state index in [-0.39, 0.29) is 24.2 Å². The molecular formula is C24H21N3O4. The normalized spacial score (nSPS) is 17.2. The van der Waals surface area contributed by atoms with Crippen LogP contribution in [0.2, 0.25) is 0 Å². The number of carbonyl (C=O) groups is 3. The van der Waals surface area contributed by atoms with Crippen LogP contribution < -0.4 is 5.32 Å². The summed E-state index contributed by atoms with van der Waals surface area (Å²) in [6.45, 7) is 1.41. The number of ether oxygens (including phenoxy) is 1. The summed E-state index contributed by atoms with van der Waals surface area (Å²) in [5.41, 5.74) is 3.83. The number of hydrogen-bond donors (Lipinski definition) is 1. The second-order valence-electron chi connectivity index (χ2n) is 7.99. The lowest BCUT2D eigenvalue weighted by atomic mass is 9.99. The number of hydrogen-bond acceptors (Lipinski definition) is 5. The summed E-state index contributed by atoms with van der Waals surface area (Å²) >= 11 is 0. The molecule has 1 N–H and O–H groups in total. The predicted octanol–water partition coefficient (Wildman–Crippen LogP) is 3.85. The first-order valence-corrected chi connectivity index (χ1v) is 10.3. The number of anilines is 1. The number of benzene rings is 2. The fraction of sp³-hybridized carbons (Fsp3) is 0.250. The van der Waals surface area contributed by atoms with Crippen molar-refractivity contribution in [3.8, 4) is 5.69 Å². The standard InChI is InChI=1S/C24H21N3O4/c1-14-18-11-16(9-10-19(18)25-23(14)29)22(28)13-31-24(30)21-12-20(15-7-8-15)26-27(21)17-5-3-2-4-6-17/h2-6,9-12,14-15H,7-8,13H2,1H3,(H,25,29)/t14-/m0/s1. The van der Waals surface area contributed by atoms with Crippen LogP contribution in [0.15, 0.2) is 54.6 Å². The van der Waals surface area contributed by atoms with Gasteiger partial charge in [-0.15, -0.1) is 0 Å². The number of esters is 1. The van der Waals surface area contributed by atoms with E-state index >= 15 is 0 Å². The Labute approximate surface area is 179 Å². The molecule has 1 aliphatic carbocycles. The molecule has 1 fully saturated rings. The van der Waals surface area contributed by atoms with E-state index in [0.717, 1.165) is 29.8 Å². The third kappa shape index (κ3) is 3.63. The van der Waals surface area contributed by atoms with Gasteiger partial charge in [-0.2, -0.15) is 5.10 Å². The fourth-order valence-corrected chi connectivity index (χ4v) is 3.77. The van der Waals surface area contributed by atoms with Crippen molar-refractivity contribution in [2.45, 2.75) is 31.6 Å². The first-order chi connectivity index (χ1) is 15.0. The SMILES string of the molecule is C[C@@H]1C(=O)Nc2ccc(C(=O)COC(=O)c3cc(C4CC4)nn3-c3ccccc3)cc21. The number of nitrogens with one attached hydrogen (secondary N) is 1. The van der Waals surface area contributed by atoms with Crippen molar-refractivity contribution in [2.75, 3.05) is 11.9 Å². The van der Waals surface area contributed by atoms with E-state index in [1.165, 1.54) is 0 Å². The second kappa shape index (κ2) is 7.50. The van der Waals surface area contributed by atoms with Gasteiger partial charge in [-0.25, -0.2) is 9.48 Å². The molecule has 1 saturated carbocycles. The Morgan fingerprint density at radius 1 is 1.13 bits per heavy atom. The monoisotopic (exact) mass is 415 g/mol. The van der Waals surface area contributed by atoms with Crippen molar-refractivity contribution in [2.24, 2.45) is 0 Å². The lowest BCUT2D eigenvalue weighted by Crippen LogP contribution is -2.17. The molecule has 2 aliphatic rings. The Kier molecular flexibility index (Phi) is 4.66. The number of aromatic nitrogens is 2. The zero-order valence-corrected chi connectivity index (χ0v) is 17.0. The highest BCUT2D eigenvalue weighted by molar-refractivity contribution is 6.05. The number of amides is 1. The van der Waals surface area contributed by atoms with Gasteiger partial charge in [0.05, 0.1) is 17.3 Å². The Balaban J connectivity index is 1.33. The van der Waals surface area contributed by atoms with E-state index in [0.29, 0.717) is 22.9 Å². The minimum absolute atomic E-state index is 0.0910. The van der Waals surface area contributed by atoms with Crippen LogP contribution in [0.25, 0.3) is 5.69 Å². The molecule has 5 rings (SSSR count). The molecule has 0 saturated heterocycles. The van der Waals surface area contributed by atoms with Gasteiger partial charge in [0.1, 0.15) is 0 Å². The van der Waals surface area contributed by atoms with Crippen molar-refractivity contribution in [1.82, 2.24) is 9.78 Å². The van der Waals surface area contributed by atoms with E-state index < -0.39 is 5.97 Å². The van der Waals surface area contributed by atoms with Crippen LogP contribution >= 0.6 is 0 Å². The van der Waals surface area contributed by atoms with E-state index in [2.05, 4.69) is 10.4 Å². The number of fused-ring (bicyclic) bond motifs is 1. The average Bonchev–Trinajstić information content (AvgIpc) is 3.48. The van der Waals surface area contributed by atoms with Crippen molar-refractivity contribution in [3.05, 3.63) is 77.1 Å². The molecule has 1 aromatic heterocycles. The van der Waals surface area contributed by atoms with Gasteiger partial charge in [0, 0.05) is 17.2 Å². The topological polar surface area (TPSA) is 90.3 Å². The molecule has 2 heterocycles. The van der Waals surface area contributed by atoms with Crippen LogP contribution in [-0.2, 0) is 9.53 Å². The first kappa shape index (κ1) is 19.2. The van der Waals surface area contributed by atoms with Crippen LogP contribution in [0.4, 0.5) is 5.69 Å². The summed E-state index contributed by atoms with van der Waals surface area (Å²) in [5, 5.41) is 7.37. The second-order valence-corrected chi connectivity index (χ2v) is 7.99. The maximum Gasteiger partial charge on any atom is 0.357 e. The maximum absolute atomic E-state index is 12.8. The Morgan fingerprint density at radius 2 is 1.90 bits per heavy atom. The molecular weight excluding hydrogens is 394 g/mol. The average molecular weight is 415 g/mol. The molecule has 7 nitrogen and oxygen atoms in total. The van der Waals surface area contributed by atoms with Crippen LogP contribution in [0, 0.1) is 0 Å². The molecule has 0 bridgehead atoms. The van der Waals surface area contributed by atoms with Gasteiger partial charge in [0.2, 0.25) is 5.91 Å². The molecule has 3 aromatic rings. The number of ketones is 1. The Morgan fingerprint density at radius 3 is 2.65 bits per heavy atom. The third-order valence-electron chi connectivity index (χ3n) is 5.76. The van der Waals surface area contributed by atoms with Gasteiger partial charge < -0.3 is 10.1 Å². The minimum atomic E-state index is -0.594. The molecule has 0 unspecified atom stereocenters. The van der Waals surface area contributed by atoms with Crippen molar-refractivity contribution in [1.29, 1.82) is 0 Å². The molecule has 1 amide bonds. The quantitative estimate of drug-likeness (QED) is 0.488. The molecule has 2 aromatic carbocycles. The van der Waals surface area contributed by atoms with Crippen LogP contribution in [-0.4, -0.2) is 34.0 Å². The van der Waals surface area contributed by atoms with E-state index in [1.807, 2.05) is 30.3 Å². The van der Waals surface area contributed by atoms with Crippen LogP contribution in [0.5, 0.6) is 0 Å². The number of carbonyl (C=O) groups excluding carboxylic acids is 3. The molecule has 31 heavy (non-hydrogen) atoms. The van der Waals surface area contributed by atoms with Gasteiger partial charge in [0.25, 0.3) is 0 Å². The highest BCUT2D eigenvalue weighted by Gasteiger charge is 2.30. The van der Waals surface area contributed by atoms with Crippen LogP contribution in [0.3, 0.4) is 0 Å². The molecule has 0 spiro atoms. The zero-order valence-electron chi connectivity index (χ0n) is 17.0. The van der Waals surface area contributed by atoms with Crippen molar-refractivity contribution < 1.29 is 19.1 Å². The fourth-order valence-electron chi connectivity index (χ4n) is 3.77. The molecule has 1 atom stereocenters. The van der Waals surface area contributed by atoms with Gasteiger partial charge >= 0.3 is 5.97 Å². The van der Waals surface area contributed by atoms with Crippen molar-refractivity contribution in [3.63, 3.8) is 0 Å². The van der Waals surface area contributed by atoms with E-state index in [4.69, 9.17) is 4.74 Å². The van der Waals surface area contributed by atoms with Gasteiger partial charge in [-0.3, -0.25) is 9.59 Å². The summed E-state index contributed by atoms with van der Waals surface area (Å²) < 4.78 is 6.93. The van der Waals surface area contributed by atoms with Gasteiger partial charge in [-0.1, -0.05) is 18.2 Å². The molecule has 1 aliphatic heterocycles.